The van der Waals surface area contributed by atoms with Gasteiger partial charge in [-0.3, -0.25) is 19.7 Å². The molecule has 0 radical (unpaired) electrons. The highest BCUT2D eigenvalue weighted by Gasteiger charge is 2.39. The summed E-state index contributed by atoms with van der Waals surface area (Å²) in [6.45, 7) is 2.41. The van der Waals surface area contributed by atoms with Crippen LogP contribution in [0, 0.1) is 16.0 Å². The fourth-order valence-corrected chi connectivity index (χ4v) is 4.16. The van der Waals surface area contributed by atoms with Gasteiger partial charge in [0, 0.05) is 25.7 Å². The molecule has 1 aromatic rings. The van der Waals surface area contributed by atoms with E-state index in [1.54, 1.807) is 9.80 Å². The van der Waals surface area contributed by atoms with E-state index < -0.39 is 11.0 Å². The molecule has 9 heteroatoms. The minimum absolute atomic E-state index is 0.0251. The van der Waals surface area contributed by atoms with Crippen molar-refractivity contribution in [2.75, 3.05) is 26.2 Å². The third kappa shape index (κ3) is 3.13. The Morgan fingerprint density at radius 3 is 2.75 bits per heavy atom. The fraction of sp³-hybridized carbons (Fsp3) is 0.600. The van der Waals surface area contributed by atoms with Crippen molar-refractivity contribution in [1.29, 1.82) is 0 Å². The van der Waals surface area contributed by atoms with Crippen LogP contribution < -0.4 is 5.73 Å². The van der Waals surface area contributed by atoms with E-state index in [2.05, 4.69) is 0 Å². The fourth-order valence-electron chi connectivity index (χ4n) is 3.38. The highest BCUT2D eigenvalue weighted by Crippen LogP contribution is 2.29. The van der Waals surface area contributed by atoms with Crippen molar-refractivity contribution < 1.29 is 14.5 Å². The van der Waals surface area contributed by atoms with Gasteiger partial charge < -0.3 is 15.5 Å². The van der Waals surface area contributed by atoms with Crippen molar-refractivity contribution in [3.8, 4) is 0 Å². The van der Waals surface area contributed by atoms with Gasteiger partial charge in [0.15, 0.2) is 0 Å². The van der Waals surface area contributed by atoms with Crippen LogP contribution in [0.3, 0.4) is 0 Å². The number of likely N-dealkylation sites (tertiary alicyclic amines) is 2. The predicted molar refractivity (Wildman–Crippen MR) is 88.8 cm³/mol. The van der Waals surface area contributed by atoms with Crippen molar-refractivity contribution in [2.45, 2.75) is 25.3 Å². The first-order valence-corrected chi connectivity index (χ1v) is 8.87. The maximum atomic E-state index is 12.8. The Morgan fingerprint density at radius 2 is 2.12 bits per heavy atom. The summed E-state index contributed by atoms with van der Waals surface area (Å²) in [6.07, 6.45) is 2.31. The highest BCUT2D eigenvalue weighted by atomic mass is 32.1. The van der Waals surface area contributed by atoms with Crippen LogP contribution in [0.1, 0.15) is 28.9 Å². The van der Waals surface area contributed by atoms with Crippen molar-refractivity contribution in [3.05, 3.63) is 27.1 Å². The molecule has 3 rings (SSSR count). The van der Waals surface area contributed by atoms with E-state index in [0.29, 0.717) is 43.4 Å². The first-order valence-electron chi connectivity index (χ1n) is 8.05. The Morgan fingerprint density at radius 1 is 1.33 bits per heavy atom. The first-order chi connectivity index (χ1) is 11.5. The van der Waals surface area contributed by atoms with E-state index in [1.165, 1.54) is 12.1 Å². The van der Waals surface area contributed by atoms with Gasteiger partial charge in [-0.15, -0.1) is 0 Å². The Balaban J connectivity index is 1.71. The molecule has 1 aromatic heterocycles. The Bertz CT molecular complexity index is 662. The van der Waals surface area contributed by atoms with Crippen LogP contribution in [0.5, 0.6) is 0 Å². The number of nitrogens with two attached hydrogens (primary N) is 1. The molecule has 2 aliphatic rings. The zero-order valence-corrected chi connectivity index (χ0v) is 14.0. The highest BCUT2D eigenvalue weighted by molar-refractivity contribution is 7.17. The van der Waals surface area contributed by atoms with E-state index in [9.17, 15) is 19.7 Å². The second-order valence-electron chi connectivity index (χ2n) is 6.23. The lowest BCUT2D eigenvalue weighted by Crippen LogP contribution is -2.47. The molecular weight excluding hydrogens is 332 g/mol. The summed E-state index contributed by atoms with van der Waals surface area (Å²) >= 11 is 0.854. The van der Waals surface area contributed by atoms with Gasteiger partial charge >= 0.3 is 5.00 Å². The van der Waals surface area contributed by atoms with E-state index in [-0.39, 0.29) is 16.8 Å². The number of carbonyl (C=O) groups excluding carboxylic acids is 2. The predicted octanol–water partition coefficient (Wildman–Crippen LogP) is 1.07. The van der Waals surface area contributed by atoms with E-state index in [4.69, 9.17) is 5.73 Å². The normalized spacial score (nSPS) is 23.7. The molecule has 0 aliphatic carbocycles. The standard InChI is InChI=1S/C15H20N4O4S/c16-8-10-5-7-17(9-10)14(20)11-2-1-6-18(11)15(21)12-3-4-13(24-12)19(22)23/h3-4,10-11H,1-2,5-9,16H2. The Hall–Kier alpha value is -2.00. The summed E-state index contributed by atoms with van der Waals surface area (Å²) in [5, 5.41) is 10.7. The van der Waals surface area contributed by atoms with Crippen molar-refractivity contribution in [1.82, 2.24) is 9.80 Å². The molecule has 0 saturated carbocycles. The third-order valence-corrected chi connectivity index (χ3v) is 5.74. The van der Waals surface area contributed by atoms with Gasteiger partial charge in [-0.25, -0.2) is 0 Å². The number of hydrogen-bond acceptors (Lipinski definition) is 6. The molecular formula is C15H20N4O4S. The second-order valence-corrected chi connectivity index (χ2v) is 7.29. The van der Waals surface area contributed by atoms with Gasteiger partial charge in [-0.05, 0) is 37.8 Å². The molecule has 0 spiro atoms. The van der Waals surface area contributed by atoms with Gasteiger partial charge in [-0.2, -0.15) is 0 Å². The third-order valence-electron chi connectivity index (χ3n) is 4.71. The number of thiophene rings is 1. The molecule has 2 aliphatic heterocycles. The maximum Gasteiger partial charge on any atom is 0.324 e. The van der Waals surface area contributed by atoms with Crippen LogP contribution in [0.15, 0.2) is 12.1 Å². The van der Waals surface area contributed by atoms with Crippen LogP contribution in [0.2, 0.25) is 0 Å². The lowest BCUT2D eigenvalue weighted by atomic mass is 10.1. The molecule has 0 aromatic carbocycles. The van der Waals surface area contributed by atoms with Gasteiger partial charge in [0.1, 0.15) is 6.04 Å². The molecule has 2 N–H and O–H groups in total. The molecule has 0 bridgehead atoms. The average Bonchev–Trinajstić information content (AvgIpc) is 3.33. The Labute approximate surface area is 143 Å². The van der Waals surface area contributed by atoms with Crippen molar-refractivity contribution in [3.63, 3.8) is 0 Å². The molecule has 2 unspecified atom stereocenters. The molecule has 24 heavy (non-hydrogen) atoms. The lowest BCUT2D eigenvalue weighted by molar-refractivity contribution is -0.380. The molecule has 2 atom stereocenters. The molecule has 8 nitrogen and oxygen atoms in total. The quantitative estimate of drug-likeness (QED) is 0.644. The summed E-state index contributed by atoms with van der Waals surface area (Å²) in [7, 11) is 0. The number of amides is 2. The molecule has 130 valence electrons. The number of nitro groups is 1. The number of carbonyl (C=O) groups is 2. The van der Waals surface area contributed by atoms with Crippen LogP contribution in [0.25, 0.3) is 0 Å². The summed E-state index contributed by atoms with van der Waals surface area (Å²) < 4.78 is 0. The minimum atomic E-state index is -0.509. The monoisotopic (exact) mass is 352 g/mol. The van der Waals surface area contributed by atoms with E-state index in [1.807, 2.05) is 0 Å². The zero-order chi connectivity index (χ0) is 17.3. The molecule has 2 amide bonds. The van der Waals surface area contributed by atoms with E-state index >= 15 is 0 Å². The first kappa shape index (κ1) is 16.8. The summed E-state index contributed by atoms with van der Waals surface area (Å²) in [4.78, 5) is 39.4. The second kappa shape index (κ2) is 6.86. The van der Waals surface area contributed by atoms with Crippen LogP contribution >= 0.6 is 11.3 Å². The number of rotatable bonds is 4. The Kier molecular flexibility index (Phi) is 4.81. The largest absolute Gasteiger partial charge is 0.341 e. The summed E-state index contributed by atoms with van der Waals surface area (Å²) in [6, 6.07) is 2.33. The molecule has 2 fully saturated rings. The topological polar surface area (TPSA) is 110 Å². The zero-order valence-electron chi connectivity index (χ0n) is 13.2. The van der Waals surface area contributed by atoms with Crippen LogP contribution in [0.4, 0.5) is 5.00 Å². The SMILES string of the molecule is NCC1CCN(C(=O)C2CCCN2C(=O)c2ccc([N+](=O)[O-])s2)C1. The van der Waals surface area contributed by atoms with Gasteiger partial charge in [0.25, 0.3) is 5.91 Å². The lowest BCUT2D eigenvalue weighted by Gasteiger charge is -2.27. The van der Waals surface area contributed by atoms with Crippen molar-refractivity contribution in [2.24, 2.45) is 11.7 Å². The van der Waals surface area contributed by atoms with E-state index in [0.717, 1.165) is 24.2 Å². The summed E-state index contributed by atoms with van der Waals surface area (Å²) in [5.41, 5.74) is 5.67. The smallest absolute Gasteiger partial charge is 0.324 e. The molecule has 3 heterocycles. The molecule has 2 saturated heterocycles. The maximum absolute atomic E-state index is 12.8. The minimum Gasteiger partial charge on any atom is -0.341 e. The van der Waals surface area contributed by atoms with Gasteiger partial charge in [0.05, 0.1) is 9.80 Å². The van der Waals surface area contributed by atoms with Crippen LogP contribution in [-0.2, 0) is 4.79 Å². The van der Waals surface area contributed by atoms with Crippen LogP contribution in [-0.4, -0.2) is 58.8 Å². The van der Waals surface area contributed by atoms with Gasteiger partial charge in [-0.1, -0.05) is 11.3 Å². The average molecular weight is 352 g/mol. The van der Waals surface area contributed by atoms with Crippen molar-refractivity contribution >= 4 is 28.2 Å². The number of hydrogen-bond donors (Lipinski definition) is 1. The summed E-state index contributed by atoms with van der Waals surface area (Å²) in [5.74, 6) is 0.0147. The van der Waals surface area contributed by atoms with Gasteiger partial charge in [0.2, 0.25) is 5.91 Å². The number of nitrogens with zero attached hydrogens (tertiary/aromatic N) is 3.